The molecular weight excluding hydrogens is 396 g/mol. The van der Waals surface area contributed by atoms with Crippen LogP contribution in [-0.4, -0.2) is 38.8 Å². The average Bonchev–Trinajstić information content (AvgIpc) is 3.20. The van der Waals surface area contributed by atoms with Crippen LogP contribution < -0.4 is 23.7 Å². The predicted octanol–water partition coefficient (Wildman–Crippen LogP) is 4.26. The number of allylic oxidation sites excluding steroid dienone is 2. The van der Waals surface area contributed by atoms with Gasteiger partial charge >= 0.3 is 0 Å². The Morgan fingerprint density at radius 1 is 1.13 bits per heavy atom. The number of ether oxygens (including phenoxy) is 5. The van der Waals surface area contributed by atoms with Gasteiger partial charge in [0, 0.05) is 23.6 Å². The molecule has 160 valence electrons. The fraction of sp³-hybridized carbons (Fsp3) is 0.320. The van der Waals surface area contributed by atoms with Crippen LogP contribution in [0.2, 0.25) is 0 Å². The Labute approximate surface area is 181 Å². The number of hydrogen-bond acceptors (Lipinski definition) is 6. The first kappa shape index (κ1) is 19.5. The first-order valence-electron chi connectivity index (χ1n) is 10.3. The van der Waals surface area contributed by atoms with Crippen molar-refractivity contribution in [2.75, 3.05) is 20.8 Å². The standard InChI is InChI=1S/C25H24O6/c1-13(2)5-6-14-9-17-18(30-14)8-7-15-24(26)23-16-10-20(27-3)21(28-4)11-19(16)29-12-22(23)31-25(15)17/h5-8,10-11,14,22-23H,1,9,12H2,2-4H3/t14-,22+,23-/m0/s1. The number of rotatable bonds is 4. The van der Waals surface area contributed by atoms with Crippen molar-refractivity contribution in [1.29, 1.82) is 0 Å². The number of carbonyl (C=O) groups excluding carboxylic acids is 1. The van der Waals surface area contributed by atoms with E-state index in [0.717, 1.165) is 22.4 Å². The Balaban J connectivity index is 1.52. The number of hydrogen-bond donors (Lipinski definition) is 0. The van der Waals surface area contributed by atoms with Crippen LogP contribution in [0.1, 0.15) is 34.3 Å². The van der Waals surface area contributed by atoms with Crippen molar-refractivity contribution >= 4 is 5.78 Å². The molecule has 5 rings (SSSR count). The van der Waals surface area contributed by atoms with Crippen molar-refractivity contribution in [3.8, 4) is 28.7 Å². The molecule has 0 spiro atoms. The van der Waals surface area contributed by atoms with E-state index >= 15 is 0 Å². The smallest absolute Gasteiger partial charge is 0.178 e. The van der Waals surface area contributed by atoms with E-state index in [1.807, 2.05) is 31.2 Å². The van der Waals surface area contributed by atoms with Gasteiger partial charge in [-0.3, -0.25) is 4.79 Å². The molecule has 0 aromatic heterocycles. The highest BCUT2D eigenvalue weighted by Crippen LogP contribution is 2.49. The van der Waals surface area contributed by atoms with Gasteiger partial charge in [0.2, 0.25) is 0 Å². The van der Waals surface area contributed by atoms with Crippen molar-refractivity contribution in [1.82, 2.24) is 0 Å². The minimum atomic E-state index is -0.462. The molecule has 0 unspecified atom stereocenters. The maximum absolute atomic E-state index is 13.6. The van der Waals surface area contributed by atoms with Crippen LogP contribution in [0.3, 0.4) is 0 Å². The summed E-state index contributed by atoms with van der Waals surface area (Å²) in [6, 6.07) is 7.24. The van der Waals surface area contributed by atoms with Crippen molar-refractivity contribution in [3.63, 3.8) is 0 Å². The first-order valence-corrected chi connectivity index (χ1v) is 10.3. The summed E-state index contributed by atoms with van der Waals surface area (Å²) in [4.78, 5) is 13.6. The van der Waals surface area contributed by atoms with E-state index < -0.39 is 12.0 Å². The van der Waals surface area contributed by atoms with E-state index in [9.17, 15) is 4.79 Å². The Morgan fingerprint density at radius 3 is 2.65 bits per heavy atom. The lowest BCUT2D eigenvalue weighted by Crippen LogP contribution is -2.43. The molecule has 3 aliphatic heterocycles. The van der Waals surface area contributed by atoms with E-state index in [-0.39, 0.29) is 18.5 Å². The van der Waals surface area contributed by atoms with Crippen molar-refractivity contribution < 1.29 is 28.5 Å². The number of ketones is 1. The van der Waals surface area contributed by atoms with Crippen molar-refractivity contribution in [2.24, 2.45) is 0 Å². The van der Waals surface area contributed by atoms with Crippen molar-refractivity contribution in [2.45, 2.75) is 31.5 Å². The molecule has 0 N–H and O–H groups in total. The molecule has 3 atom stereocenters. The molecule has 3 heterocycles. The van der Waals surface area contributed by atoms with Crippen LogP contribution in [0.15, 0.2) is 48.6 Å². The monoisotopic (exact) mass is 420 g/mol. The lowest BCUT2D eigenvalue weighted by molar-refractivity contribution is 0.0554. The molecule has 0 fully saturated rings. The second kappa shape index (κ2) is 7.38. The van der Waals surface area contributed by atoms with Gasteiger partial charge in [0.25, 0.3) is 0 Å². The van der Waals surface area contributed by atoms with E-state index in [4.69, 9.17) is 23.7 Å². The lowest BCUT2D eigenvalue weighted by atomic mass is 9.81. The van der Waals surface area contributed by atoms with Crippen LogP contribution in [-0.2, 0) is 6.42 Å². The summed E-state index contributed by atoms with van der Waals surface area (Å²) in [7, 11) is 3.14. The van der Waals surface area contributed by atoms with Crippen LogP contribution in [0.25, 0.3) is 0 Å². The van der Waals surface area contributed by atoms with Gasteiger partial charge in [0.15, 0.2) is 17.3 Å². The highest BCUT2D eigenvalue weighted by Gasteiger charge is 2.45. The Kier molecular flexibility index (Phi) is 4.65. The maximum atomic E-state index is 13.6. The predicted molar refractivity (Wildman–Crippen MR) is 115 cm³/mol. The molecule has 31 heavy (non-hydrogen) atoms. The Morgan fingerprint density at radius 2 is 1.90 bits per heavy atom. The van der Waals surface area contributed by atoms with Gasteiger partial charge in [-0.1, -0.05) is 18.2 Å². The normalized spacial score (nSPS) is 22.9. The summed E-state index contributed by atoms with van der Waals surface area (Å²) in [5.41, 5.74) is 3.22. The van der Waals surface area contributed by atoms with Gasteiger partial charge in [0.05, 0.1) is 25.7 Å². The third-order valence-corrected chi connectivity index (χ3v) is 5.94. The largest absolute Gasteiger partial charge is 0.493 e. The second-order valence-corrected chi connectivity index (χ2v) is 8.04. The van der Waals surface area contributed by atoms with Gasteiger partial charge in [-0.25, -0.2) is 0 Å². The van der Waals surface area contributed by atoms with Gasteiger partial charge in [0.1, 0.15) is 36.1 Å². The van der Waals surface area contributed by atoms with Gasteiger partial charge in [-0.05, 0) is 31.2 Å². The zero-order valence-corrected chi connectivity index (χ0v) is 17.8. The molecule has 6 heteroatoms. The molecule has 6 nitrogen and oxygen atoms in total. The third-order valence-electron chi connectivity index (χ3n) is 5.94. The van der Waals surface area contributed by atoms with Gasteiger partial charge in [-0.2, -0.15) is 0 Å². The lowest BCUT2D eigenvalue weighted by Gasteiger charge is -2.37. The fourth-order valence-electron chi connectivity index (χ4n) is 4.47. The highest BCUT2D eigenvalue weighted by molar-refractivity contribution is 6.06. The molecule has 2 aromatic rings. The third kappa shape index (κ3) is 3.14. The zero-order valence-electron chi connectivity index (χ0n) is 17.8. The molecule has 0 amide bonds. The molecule has 0 saturated heterocycles. The number of carbonyl (C=O) groups is 1. The first-order chi connectivity index (χ1) is 15.0. The number of methoxy groups -OCH3 is 2. The van der Waals surface area contributed by atoms with E-state index in [1.165, 1.54) is 0 Å². The second-order valence-electron chi connectivity index (χ2n) is 8.04. The number of Topliss-reactive ketones (excluding diaryl/α,β-unsaturated/α-hetero) is 1. The van der Waals surface area contributed by atoms with Crippen LogP contribution >= 0.6 is 0 Å². The molecule has 2 aromatic carbocycles. The summed E-state index contributed by atoms with van der Waals surface area (Å²) in [6.45, 7) is 6.11. The number of benzene rings is 2. The summed E-state index contributed by atoms with van der Waals surface area (Å²) in [5, 5.41) is 0. The highest BCUT2D eigenvalue weighted by atomic mass is 16.5. The SMILES string of the molecule is C=C(C)C=C[C@H]1Cc2c(ccc3c2O[C@@H]2COc4cc(OC)c(OC)cc4[C@@H]2C3=O)O1. The topological polar surface area (TPSA) is 63.2 Å². The van der Waals surface area contributed by atoms with Crippen molar-refractivity contribution in [3.05, 3.63) is 65.3 Å². The minimum absolute atomic E-state index is 0.0201. The molecular formula is C25H24O6. The van der Waals surface area contributed by atoms with Crippen LogP contribution in [0.4, 0.5) is 0 Å². The molecule has 0 radical (unpaired) electrons. The quantitative estimate of drug-likeness (QED) is 0.689. The van der Waals surface area contributed by atoms with Crippen LogP contribution in [0.5, 0.6) is 28.7 Å². The molecule has 0 aliphatic carbocycles. The molecule has 0 bridgehead atoms. The fourth-order valence-corrected chi connectivity index (χ4v) is 4.47. The summed E-state index contributed by atoms with van der Waals surface area (Å²) in [5.74, 6) is 2.66. The Hall–Kier alpha value is -3.41. The summed E-state index contributed by atoms with van der Waals surface area (Å²) < 4.78 is 29.1. The molecule has 3 aliphatic rings. The van der Waals surface area contributed by atoms with E-state index in [1.54, 1.807) is 26.4 Å². The average molecular weight is 420 g/mol. The zero-order chi connectivity index (χ0) is 21.7. The van der Waals surface area contributed by atoms with E-state index in [0.29, 0.717) is 35.0 Å². The Bertz CT molecular complexity index is 1120. The van der Waals surface area contributed by atoms with Crippen LogP contribution in [0, 0.1) is 0 Å². The minimum Gasteiger partial charge on any atom is -0.493 e. The summed E-state index contributed by atoms with van der Waals surface area (Å²) >= 11 is 0. The summed E-state index contributed by atoms with van der Waals surface area (Å²) in [6.07, 6.45) is 4.06. The van der Waals surface area contributed by atoms with Gasteiger partial charge in [-0.15, -0.1) is 0 Å². The molecule has 0 saturated carbocycles. The van der Waals surface area contributed by atoms with Gasteiger partial charge < -0.3 is 23.7 Å². The maximum Gasteiger partial charge on any atom is 0.178 e. The number of fused-ring (bicyclic) bond motifs is 6. The van der Waals surface area contributed by atoms with E-state index in [2.05, 4.69) is 6.58 Å².